The van der Waals surface area contributed by atoms with Gasteiger partial charge in [0.2, 0.25) is 0 Å². The maximum absolute atomic E-state index is 12.0. The molecule has 2 aliphatic rings. The Morgan fingerprint density at radius 3 is 2.94 bits per heavy atom. The molecule has 3 rings (SSSR count). The summed E-state index contributed by atoms with van der Waals surface area (Å²) < 4.78 is 5.51. The van der Waals surface area contributed by atoms with Crippen LogP contribution in [0.2, 0.25) is 0 Å². The summed E-state index contributed by atoms with van der Waals surface area (Å²) in [7, 11) is 0. The first-order chi connectivity index (χ1) is 8.81. The number of carbonyl (C=O) groups is 1. The molecule has 1 heterocycles. The maximum Gasteiger partial charge on any atom is 0.139 e. The first kappa shape index (κ1) is 11.9. The predicted octanol–water partition coefficient (Wildman–Crippen LogP) is 2.86. The average Bonchev–Trinajstić information content (AvgIpc) is 2.98. The summed E-state index contributed by atoms with van der Waals surface area (Å²) in [5.74, 6) is 0.319. The van der Waals surface area contributed by atoms with Crippen molar-refractivity contribution in [1.29, 1.82) is 0 Å². The molecule has 2 nitrogen and oxygen atoms in total. The normalized spacial score (nSPS) is 22.1. The lowest BCUT2D eigenvalue weighted by atomic mass is 10.00. The zero-order valence-electron chi connectivity index (χ0n) is 10.8. The van der Waals surface area contributed by atoms with Crippen molar-refractivity contribution >= 4 is 5.78 Å². The van der Waals surface area contributed by atoms with E-state index in [1.165, 1.54) is 36.0 Å². The fraction of sp³-hybridized carbons (Fsp3) is 0.562. The van der Waals surface area contributed by atoms with Crippen molar-refractivity contribution in [3.05, 3.63) is 34.9 Å². The number of aryl methyl sites for hydroxylation is 2. The minimum absolute atomic E-state index is 0.187. The Morgan fingerprint density at radius 2 is 2.11 bits per heavy atom. The Balaban J connectivity index is 1.60. The second-order valence-corrected chi connectivity index (χ2v) is 5.51. The van der Waals surface area contributed by atoms with E-state index in [9.17, 15) is 4.79 Å². The Hall–Kier alpha value is -1.15. The number of fused-ring (bicyclic) bond motifs is 1. The molecule has 96 valence electrons. The van der Waals surface area contributed by atoms with E-state index < -0.39 is 0 Å². The number of Topliss-reactive ketones (excluding diaryl/α,β-unsaturated/α-hetero) is 1. The van der Waals surface area contributed by atoms with Gasteiger partial charge in [0.05, 0.1) is 6.10 Å². The molecule has 1 aromatic carbocycles. The van der Waals surface area contributed by atoms with Crippen LogP contribution in [-0.2, 0) is 28.8 Å². The molecule has 0 radical (unpaired) electrons. The van der Waals surface area contributed by atoms with Gasteiger partial charge in [-0.15, -0.1) is 0 Å². The molecule has 1 saturated heterocycles. The molecule has 0 bridgehead atoms. The number of ketones is 1. The number of rotatable bonds is 4. The summed E-state index contributed by atoms with van der Waals surface area (Å²) in [6.07, 6.45) is 7.18. The van der Waals surface area contributed by atoms with Crippen LogP contribution >= 0.6 is 0 Å². The van der Waals surface area contributed by atoms with Crippen LogP contribution in [0.5, 0.6) is 0 Å². The highest BCUT2D eigenvalue weighted by Crippen LogP contribution is 2.23. The van der Waals surface area contributed by atoms with Gasteiger partial charge in [0.1, 0.15) is 5.78 Å². The Morgan fingerprint density at radius 1 is 1.22 bits per heavy atom. The van der Waals surface area contributed by atoms with Crippen molar-refractivity contribution in [1.82, 2.24) is 0 Å². The SMILES string of the molecule is O=C(Cc1ccc2c(c1)CCC2)CC1CCCO1. The second kappa shape index (κ2) is 5.23. The molecule has 18 heavy (non-hydrogen) atoms. The third-order valence-corrected chi connectivity index (χ3v) is 4.04. The van der Waals surface area contributed by atoms with Gasteiger partial charge >= 0.3 is 0 Å². The van der Waals surface area contributed by atoms with Gasteiger partial charge in [-0.2, -0.15) is 0 Å². The molecule has 1 aliphatic carbocycles. The van der Waals surface area contributed by atoms with E-state index in [0.29, 0.717) is 18.6 Å². The predicted molar refractivity (Wildman–Crippen MR) is 70.8 cm³/mol. The van der Waals surface area contributed by atoms with E-state index in [-0.39, 0.29) is 6.10 Å². The van der Waals surface area contributed by atoms with Crippen LogP contribution in [-0.4, -0.2) is 18.5 Å². The van der Waals surface area contributed by atoms with E-state index in [2.05, 4.69) is 18.2 Å². The standard InChI is InChI=1S/C16H20O2/c17-15(11-16-5-2-8-18-16)10-12-6-7-13-3-1-4-14(13)9-12/h6-7,9,16H,1-5,8,10-11H2. The van der Waals surface area contributed by atoms with Crippen LogP contribution < -0.4 is 0 Å². The molecule has 1 fully saturated rings. The largest absolute Gasteiger partial charge is 0.378 e. The van der Waals surface area contributed by atoms with Crippen LogP contribution in [0, 0.1) is 0 Å². The quantitative estimate of drug-likeness (QED) is 0.814. The zero-order valence-corrected chi connectivity index (χ0v) is 10.8. The van der Waals surface area contributed by atoms with Gasteiger partial charge in [0.25, 0.3) is 0 Å². The molecule has 0 N–H and O–H groups in total. The summed E-state index contributed by atoms with van der Waals surface area (Å²) in [6, 6.07) is 6.56. The molecule has 1 atom stereocenters. The van der Waals surface area contributed by atoms with Crippen molar-refractivity contribution in [3.63, 3.8) is 0 Å². The van der Waals surface area contributed by atoms with Gasteiger partial charge in [-0.3, -0.25) is 4.79 Å². The number of carbonyl (C=O) groups excluding carboxylic acids is 1. The highest BCUT2D eigenvalue weighted by atomic mass is 16.5. The molecule has 0 amide bonds. The van der Waals surface area contributed by atoms with E-state index in [1.54, 1.807) is 0 Å². The van der Waals surface area contributed by atoms with Gasteiger partial charge in [0.15, 0.2) is 0 Å². The summed E-state index contributed by atoms with van der Waals surface area (Å²) in [6.45, 7) is 0.830. The van der Waals surface area contributed by atoms with Crippen molar-refractivity contribution in [2.75, 3.05) is 6.61 Å². The van der Waals surface area contributed by atoms with Gasteiger partial charge in [-0.1, -0.05) is 18.2 Å². The van der Waals surface area contributed by atoms with Crippen molar-refractivity contribution in [3.8, 4) is 0 Å². The summed E-state index contributed by atoms with van der Waals surface area (Å²) in [4.78, 5) is 12.0. The fourth-order valence-electron chi connectivity index (χ4n) is 3.09. The van der Waals surface area contributed by atoms with E-state index in [4.69, 9.17) is 4.74 Å². The van der Waals surface area contributed by atoms with Crippen LogP contribution in [0.4, 0.5) is 0 Å². The zero-order chi connectivity index (χ0) is 12.4. The summed E-state index contributed by atoms with van der Waals surface area (Å²) in [5, 5.41) is 0. The number of benzene rings is 1. The molecule has 1 aliphatic heterocycles. The molecular formula is C16H20O2. The van der Waals surface area contributed by atoms with Crippen molar-refractivity contribution < 1.29 is 9.53 Å². The van der Waals surface area contributed by atoms with E-state index >= 15 is 0 Å². The van der Waals surface area contributed by atoms with Gasteiger partial charge in [-0.25, -0.2) is 0 Å². The lowest BCUT2D eigenvalue weighted by Gasteiger charge is -2.09. The third-order valence-electron chi connectivity index (χ3n) is 4.04. The fourth-order valence-corrected chi connectivity index (χ4v) is 3.09. The smallest absolute Gasteiger partial charge is 0.139 e. The molecule has 0 aromatic heterocycles. The minimum atomic E-state index is 0.187. The van der Waals surface area contributed by atoms with Crippen LogP contribution in [0.3, 0.4) is 0 Å². The molecule has 0 saturated carbocycles. The Bertz CT molecular complexity index is 444. The Kier molecular flexibility index (Phi) is 3.46. The highest BCUT2D eigenvalue weighted by Gasteiger charge is 2.19. The average molecular weight is 244 g/mol. The van der Waals surface area contributed by atoms with Gasteiger partial charge in [-0.05, 0) is 48.8 Å². The van der Waals surface area contributed by atoms with Crippen LogP contribution in [0.1, 0.15) is 42.4 Å². The molecule has 2 heteroatoms. The number of hydrogen-bond donors (Lipinski definition) is 0. The summed E-state index contributed by atoms with van der Waals surface area (Å²) in [5.41, 5.74) is 4.11. The van der Waals surface area contributed by atoms with Crippen molar-refractivity contribution in [2.45, 2.75) is 51.0 Å². The maximum atomic E-state index is 12.0. The molecule has 0 spiro atoms. The Labute approximate surface area is 108 Å². The van der Waals surface area contributed by atoms with Gasteiger partial charge in [0, 0.05) is 19.4 Å². The van der Waals surface area contributed by atoms with Crippen LogP contribution in [0.25, 0.3) is 0 Å². The van der Waals surface area contributed by atoms with E-state index in [1.807, 2.05) is 0 Å². The lowest BCUT2D eigenvalue weighted by molar-refractivity contribution is -0.120. The highest BCUT2D eigenvalue weighted by molar-refractivity contribution is 5.81. The van der Waals surface area contributed by atoms with Gasteiger partial charge < -0.3 is 4.74 Å². The number of hydrogen-bond acceptors (Lipinski definition) is 2. The topological polar surface area (TPSA) is 26.3 Å². The van der Waals surface area contributed by atoms with Crippen LogP contribution in [0.15, 0.2) is 18.2 Å². The first-order valence-corrected chi connectivity index (χ1v) is 7.05. The van der Waals surface area contributed by atoms with Crippen molar-refractivity contribution in [2.24, 2.45) is 0 Å². The first-order valence-electron chi connectivity index (χ1n) is 7.05. The summed E-state index contributed by atoms with van der Waals surface area (Å²) >= 11 is 0. The third kappa shape index (κ3) is 2.64. The molecule has 1 aromatic rings. The minimum Gasteiger partial charge on any atom is -0.378 e. The molecule has 1 unspecified atom stereocenters. The molecular weight excluding hydrogens is 224 g/mol. The monoisotopic (exact) mass is 244 g/mol. The number of ether oxygens (including phenoxy) is 1. The lowest BCUT2D eigenvalue weighted by Crippen LogP contribution is -2.14. The second-order valence-electron chi connectivity index (χ2n) is 5.51. The van der Waals surface area contributed by atoms with E-state index in [0.717, 1.165) is 19.4 Å².